The zero-order chi connectivity index (χ0) is 20.6. The SMILES string of the molecule is COCOc1ccc(/C=C/C(=O)Nc2ccc(S(=O)(=O)NC(C)=O)cc2)cc1. The Hall–Kier alpha value is -3.17. The van der Waals surface area contributed by atoms with Gasteiger partial charge in [0.15, 0.2) is 6.79 Å². The van der Waals surface area contributed by atoms with Crippen LogP contribution in [0, 0.1) is 0 Å². The van der Waals surface area contributed by atoms with E-state index < -0.39 is 15.9 Å². The fraction of sp³-hybridized carbons (Fsp3) is 0.158. The second-order valence-electron chi connectivity index (χ2n) is 5.63. The van der Waals surface area contributed by atoms with E-state index in [0.29, 0.717) is 11.4 Å². The Kier molecular flexibility index (Phi) is 7.30. The molecule has 2 amide bonds. The maximum Gasteiger partial charge on any atom is 0.264 e. The van der Waals surface area contributed by atoms with Crippen LogP contribution in [0.15, 0.2) is 59.5 Å². The number of nitrogens with one attached hydrogen (secondary N) is 2. The maximum absolute atomic E-state index is 12.0. The minimum absolute atomic E-state index is 0.0768. The Bertz CT molecular complexity index is 951. The molecule has 0 fully saturated rings. The number of amides is 2. The Labute approximate surface area is 163 Å². The summed E-state index contributed by atoms with van der Waals surface area (Å²) in [6.07, 6.45) is 2.98. The largest absolute Gasteiger partial charge is 0.468 e. The van der Waals surface area contributed by atoms with Crippen LogP contribution in [0.3, 0.4) is 0 Å². The van der Waals surface area contributed by atoms with Crippen LogP contribution < -0.4 is 14.8 Å². The van der Waals surface area contributed by atoms with Crippen LogP contribution in [0.1, 0.15) is 12.5 Å². The molecule has 2 aromatic rings. The topological polar surface area (TPSA) is 111 Å². The first kappa shape index (κ1) is 21.1. The molecule has 0 aliphatic rings. The summed E-state index contributed by atoms with van der Waals surface area (Å²) in [7, 11) is -2.37. The van der Waals surface area contributed by atoms with Crippen molar-refractivity contribution in [2.45, 2.75) is 11.8 Å². The molecule has 0 atom stereocenters. The summed E-state index contributed by atoms with van der Waals surface area (Å²) in [5.74, 6) is -0.407. The minimum atomic E-state index is -3.90. The summed E-state index contributed by atoms with van der Waals surface area (Å²) in [6.45, 7) is 1.27. The molecule has 0 saturated carbocycles. The first-order chi connectivity index (χ1) is 13.3. The first-order valence-electron chi connectivity index (χ1n) is 8.14. The number of sulfonamides is 1. The van der Waals surface area contributed by atoms with Gasteiger partial charge in [0.05, 0.1) is 4.90 Å². The summed E-state index contributed by atoms with van der Waals surface area (Å²) in [4.78, 5) is 22.9. The van der Waals surface area contributed by atoms with E-state index in [2.05, 4.69) is 5.32 Å². The van der Waals surface area contributed by atoms with Crippen LogP contribution in [-0.2, 0) is 24.3 Å². The molecule has 0 spiro atoms. The molecule has 148 valence electrons. The van der Waals surface area contributed by atoms with Crippen molar-refractivity contribution in [2.24, 2.45) is 0 Å². The van der Waals surface area contributed by atoms with Crippen molar-refractivity contribution in [1.29, 1.82) is 0 Å². The van der Waals surface area contributed by atoms with Gasteiger partial charge in [-0.3, -0.25) is 9.59 Å². The molecule has 0 radical (unpaired) electrons. The standard InChI is InChI=1S/C19H20N2O6S/c1-14(22)21-28(24,25)18-10-6-16(7-11-18)20-19(23)12-5-15-3-8-17(9-4-15)27-13-26-2/h3-12H,13H2,1-2H3,(H,20,23)(H,21,22)/b12-5+. The highest BCUT2D eigenvalue weighted by molar-refractivity contribution is 7.90. The highest BCUT2D eigenvalue weighted by Gasteiger charge is 2.15. The van der Waals surface area contributed by atoms with Crippen LogP contribution in [0.5, 0.6) is 5.75 Å². The minimum Gasteiger partial charge on any atom is -0.468 e. The van der Waals surface area contributed by atoms with Crippen LogP contribution in [0.4, 0.5) is 5.69 Å². The molecule has 0 aliphatic carbocycles. The second-order valence-corrected chi connectivity index (χ2v) is 7.31. The first-order valence-corrected chi connectivity index (χ1v) is 9.63. The number of ether oxygens (including phenoxy) is 2. The molecule has 28 heavy (non-hydrogen) atoms. The Morgan fingerprint density at radius 3 is 2.25 bits per heavy atom. The molecule has 2 aromatic carbocycles. The number of hydrogen-bond donors (Lipinski definition) is 2. The molecule has 8 nitrogen and oxygen atoms in total. The monoisotopic (exact) mass is 404 g/mol. The third-order valence-corrected chi connectivity index (χ3v) is 4.81. The fourth-order valence-electron chi connectivity index (χ4n) is 2.12. The fourth-order valence-corrected chi connectivity index (χ4v) is 3.11. The Morgan fingerprint density at radius 2 is 1.68 bits per heavy atom. The average Bonchev–Trinajstić information content (AvgIpc) is 2.65. The van der Waals surface area contributed by atoms with E-state index >= 15 is 0 Å². The van der Waals surface area contributed by atoms with E-state index in [1.54, 1.807) is 30.3 Å². The second kappa shape index (κ2) is 9.67. The predicted octanol–water partition coefficient (Wildman–Crippen LogP) is 2.15. The molecule has 0 aromatic heterocycles. The van der Waals surface area contributed by atoms with Crippen molar-refractivity contribution in [3.8, 4) is 5.75 Å². The summed E-state index contributed by atoms with van der Waals surface area (Å²) >= 11 is 0. The molecule has 0 unspecified atom stereocenters. The molecule has 0 heterocycles. The lowest BCUT2D eigenvalue weighted by Crippen LogP contribution is -2.28. The van der Waals surface area contributed by atoms with Gasteiger partial charge in [-0.2, -0.15) is 0 Å². The highest BCUT2D eigenvalue weighted by Crippen LogP contribution is 2.15. The lowest BCUT2D eigenvalue weighted by Gasteiger charge is -2.06. The van der Waals surface area contributed by atoms with E-state index in [4.69, 9.17) is 9.47 Å². The molecular formula is C19H20N2O6S. The van der Waals surface area contributed by atoms with E-state index in [9.17, 15) is 18.0 Å². The summed E-state index contributed by atoms with van der Waals surface area (Å²) in [5.41, 5.74) is 1.22. The van der Waals surface area contributed by atoms with E-state index in [1.165, 1.54) is 37.5 Å². The molecular weight excluding hydrogens is 384 g/mol. The summed E-state index contributed by atoms with van der Waals surface area (Å²) < 4.78 is 35.7. The smallest absolute Gasteiger partial charge is 0.264 e. The quantitative estimate of drug-likeness (QED) is 0.515. The molecule has 0 bridgehead atoms. The number of carbonyl (C=O) groups is 2. The number of rotatable bonds is 8. The van der Waals surface area contributed by atoms with Crippen molar-refractivity contribution in [2.75, 3.05) is 19.2 Å². The van der Waals surface area contributed by atoms with Crippen molar-refractivity contribution >= 4 is 33.6 Å². The lowest BCUT2D eigenvalue weighted by molar-refractivity contribution is -0.117. The van der Waals surface area contributed by atoms with Crippen LogP contribution in [0.25, 0.3) is 6.08 Å². The normalized spacial score (nSPS) is 11.2. The number of benzene rings is 2. The average molecular weight is 404 g/mol. The molecule has 9 heteroatoms. The Morgan fingerprint density at radius 1 is 1.04 bits per heavy atom. The zero-order valence-corrected chi connectivity index (χ0v) is 16.2. The van der Waals surface area contributed by atoms with Gasteiger partial charge in [0, 0.05) is 25.8 Å². The van der Waals surface area contributed by atoms with Crippen LogP contribution in [-0.4, -0.2) is 34.1 Å². The maximum atomic E-state index is 12.0. The van der Waals surface area contributed by atoms with Gasteiger partial charge in [-0.1, -0.05) is 12.1 Å². The van der Waals surface area contributed by atoms with Gasteiger partial charge in [-0.25, -0.2) is 13.1 Å². The molecule has 2 rings (SSSR count). The van der Waals surface area contributed by atoms with Gasteiger partial charge in [-0.15, -0.1) is 0 Å². The van der Waals surface area contributed by atoms with Gasteiger partial charge in [0.25, 0.3) is 10.0 Å². The number of hydrogen-bond acceptors (Lipinski definition) is 6. The van der Waals surface area contributed by atoms with Gasteiger partial charge in [0.1, 0.15) is 5.75 Å². The van der Waals surface area contributed by atoms with Crippen LogP contribution >= 0.6 is 0 Å². The summed E-state index contributed by atoms with van der Waals surface area (Å²) in [5, 5.41) is 2.62. The summed E-state index contributed by atoms with van der Waals surface area (Å²) in [6, 6.07) is 12.5. The molecule has 0 aliphatic heterocycles. The third-order valence-electron chi connectivity index (χ3n) is 3.36. The lowest BCUT2D eigenvalue weighted by atomic mass is 10.2. The van der Waals surface area contributed by atoms with Crippen molar-refractivity contribution in [3.05, 3.63) is 60.2 Å². The number of anilines is 1. The van der Waals surface area contributed by atoms with E-state index in [0.717, 1.165) is 12.5 Å². The predicted molar refractivity (Wildman–Crippen MR) is 104 cm³/mol. The van der Waals surface area contributed by atoms with Gasteiger partial charge < -0.3 is 14.8 Å². The van der Waals surface area contributed by atoms with Crippen molar-refractivity contribution < 1.29 is 27.5 Å². The third kappa shape index (κ3) is 6.53. The van der Waals surface area contributed by atoms with Gasteiger partial charge in [0.2, 0.25) is 11.8 Å². The van der Waals surface area contributed by atoms with Crippen molar-refractivity contribution in [1.82, 2.24) is 4.72 Å². The van der Waals surface area contributed by atoms with Gasteiger partial charge in [-0.05, 0) is 48.0 Å². The molecule has 2 N–H and O–H groups in total. The van der Waals surface area contributed by atoms with Crippen LogP contribution in [0.2, 0.25) is 0 Å². The van der Waals surface area contributed by atoms with Gasteiger partial charge >= 0.3 is 0 Å². The highest BCUT2D eigenvalue weighted by atomic mass is 32.2. The molecule has 0 saturated heterocycles. The Balaban J connectivity index is 1.95. The number of carbonyl (C=O) groups excluding carboxylic acids is 2. The van der Waals surface area contributed by atoms with E-state index in [-0.39, 0.29) is 17.6 Å². The van der Waals surface area contributed by atoms with E-state index in [1.807, 2.05) is 4.72 Å². The zero-order valence-electron chi connectivity index (χ0n) is 15.3. The van der Waals surface area contributed by atoms with Crippen molar-refractivity contribution in [3.63, 3.8) is 0 Å². The number of methoxy groups -OCH3 is 1.